The van der Waals surface area contributed by atoms with Crippen LogP contribution in [0.5, 0.6) is 11.5 Å². The predicted molar refractivity (Wildman–Crippen MR) is 117 cm³/mol. The van der Waals surface area contributed by atoms with Crippen LogP contribution in [-0.2, 0) is 6.54 Å². The van der Waals surface area contributed by atoms with Gasteiger partial charge in [0.15, 0.2) is 11.5 Å². The SMILES string of the molecule is CCCOc1ccc(CN(CCC)C(=O)c2ccc3c(c2)C(=O)N(C)C3=O)cc1OC. The van der Waals surface area contributed by atoms with Crippen LogP contribution in [0.3, 0.4) is 0 Å². The number of carbonyl (C=O) groups excluding carboxylic acids is 3. The smallest absolute Gasteiger partial charge is 0.261 e. The van der Waals surface area contributed by atoms with Crippen LogP contribution in [0.2, 0.25) is 0 Å². The maximum absolute atomic E-state index is 13.2. The van der Waals surface area contributed by atoms with E-state index in [1.54, 1.807) is 24.1 Å². The number of nitrogens with zero attached hydrogens (tertiary/aromatic N) is 2. The van der Waals surface area contributed by atoms with Crippen molar-refractivity contribution in [3.63, 3.8) is 0 Å². The minimum atomic E-state index is -0.385. The first-order valence-corrected chi connectivity index (χ1v) is 10.5. The average Bonchev–Trinajstić information content (AvgIpc) is 3.00. The van der Waals surface area contributed by atoms with Crippen LogP contribution in [0, 0.1) is 0 Å². The molecule has 31 heavy (non-hydrogen) atoms. The van der Waals surface area contributed by atoms with E-state index in [0.29, 0.717) is 42.3 Å². The number of rotatable bonds is 9. The number of benzene rings is 2. The van der Waals surface area contributed by atoms with E-state index < -0.39 is 0 Å². The van der Waals surface area contributed by atoms with Crippen molar-refractivity contribution in [2.45, 2.75) is 33.2 Å². The van der Waals surface area contributed by atoms with Gasteiger partial charge in [-0.15, -0.1) is 0 Å². The van der Waals surface area contributed by atoms with Gasteiger partial charge in [0, 0.05) is 25.7 Å². The van der Waals surface area contributed by atoms with E-state index in [1.165, 1.54) is 13.1 Å². The van der Waals surface area contributed by atoms with Gasteiger partial charge in [0.25, 0.3) is 17.7 Å². The standard InChI is InChI=1S/C24H28N2O5/c1-5-11-26(15-16-7-10-20(31-12-6-2)21(13-16)30-4)22(27)17-8-9-18-19(14-17)24(29)25(3)23(18)28/h7-10,13-14H,5-6,11-12,15H2,1-4H3. The number of methoxy groups -OCH3 is 1. The summed E-state index contributed by atoms with van der Waals surface area (Å²) in [5.74, 6) is 0.377. The molecule has 7 nitrogen and oxygen atoms in total. The number of amides is 3. The third-order valence-corrected chi connectivity index (χ3v) is 5.18. The average molecular weight is 424 g/mol. The molecular formula is C24H28N2O5. The lowest BCUT2D eigenvalue weighted by molar-refractivity contribution is 0.0692. The molecule has 0 aliphatic carbocycles. The molecule has 1 heterocycles. The molecule has 0 N–H and O–H groups in total. The summed E-state index contributed by atoms with van der Waals surface area (Å²) in [5, 5.41) is 0. The summed E-state index contributed by atoms with van der Waals surface area (Å²) in [4.78, 5) is 40.4. The van der Waals surface area contributed by atoms with E-state index in [4.69, 9.17) is 9.47 Å². The molecule has 2 aromatic rings. The van der Waals surface area contributed by atoms with Gasteiger partial charge in [-0.2, -0.15) is 0 Å². The second-order valence-electron chi connectivity index (χ2n) is 7.49. The zero-order chi connectivity index (χ0) is 22.5. The molecule has 1 aliphatic rings. The molecule has 0 saturated heterocycles. The van der Waals surface area contributed by atoms with E-state index in [-0.39, 0.29) is 23.3 Å². The molecular weight excluding hydrogens is 396 g/mol. The number of hydrogen-bond donors (Lipinski definition) is 0. The fourth-order valence-electron chi connectivity index (χ4n) is 3.56. The zero-order valence-corrected chi connectivity index (χ0v) is 18.4. The van der Waals surface area contributed by atoms with Crippen LogP contribution < -0.4 is 9.47 Å². The minimum absolute atomic E-state index is 0.190. The number of ether oxygens (including phenoxy) is 2. The molecule has 3 amide bonds. The van der Waals surface area contributed by atoms with Crippen molar-refractivity contribution in [1.82, 2.24) is 9.80 Å². The topological polar surface area (TPSA) is 76.2 Å². The first kappa shape index (κ1) is 22.3. The van der Waals surface area contributed by atoms with Crippen molar-refractivity contribution >= 4 is 17.7 Å². The fourth-order valence-corrected chi connectivity index (χ4v) is 3.56. The molecule has 0 bridgehead atoms. The summed E-state index contributed by atoms with van der Waals surface area (Å²) >= 11 is 0. The van der Waals surface area contributed by atoms with Gasteiger partial charge in [-0.3, -0.25) is 19.3 Å². The van der Waals surface area contributed by atoms with Crippen LogP contribution in [0.15, 0.2) is 36.4 Å². The molecule has 164 valence electrons. The van der Waals surface area contributed by atoms with E-state index in [9.17, 15) is 14.4 Å². The van der Waals surface area contributed by atoms with Crippen molar-refractivity contribution in [2.24, 2.45) is 0 Å². The van der Waals surface area contributed by atoms with Crippen LogP contribution in [-0.4, -0.2) is 54.8 Å². The number of imide groups is 1. The van der Waals surface area contributed by atoms with E-state index >= 15 is 0 Å². The molecule has 2 aromatic carbocycles. The molecule has 1 aliphatic heterocycles. The highest BCUT2D eigenvalue weighted by atomic mass is 16.5. The Morgan fingerprint density at radius 3 is 2.39 bits per heavy atom. The molecule has 3 rings (SSSR count). The van der Waals surface area contributed by atoms with Crippen LogP contribution in [0.25, 0.3) is 0 Å². The molecule has 0 aromatic heterocycles. The fraction of sp³-hybridized carbons (Fsp3) is 0.375. The Morgan fingerprint density at radius 2 is 1.71 bits per heavy atom. The minimum Gasteiger partial charge on any atom is -0.493 e. The van der Waals surface area contributed by atoms with Crippen molar-refractivity contribution in [2.75, 3.05) is 27.3 Å². The first-order chi connectivity index (χ1) is 14.9. The predicted octanol–water partition coefficient (Wildman–Crippen LogP) is 3.76. The normalized spacial score (nSPS) is 12.7. The monoisotopic (exact) mass is 424 g/mol. The van der Waals surface area contributed by atoms with Gasteiger partial charge >= 0.3 is 0 Å². The lowest BCUT2D eigenvalue weighted by Gasteiger charge is -2.23. The summed E-state index contributed by atoms with van der Waals surface area (Å²) in [6.45, 7) is 5.59. The maximum Gasteiger partial charge on any atom is 0.261 e. The van der Waals surface area contributed by atoms with E-state index in [2.05, 4.69) is 0 Å². The Kier molecular flexibility index (Phi) is 6.95. The highest BCUT2D eigenvalue weighted by molar-refractivity contribution is 6.21. The highest BCUT2D eigenvalue weighted by Gasteiger charge is 2.33. The molecule has 0 saturated carbocycles. The number of hydrogen-bond acceptors (Lipinski definition) is 5. The van der Waals surface area contributed by atoms with Crippen LogP contribution in [0.4, 0.5) is 0 Å². The van der Waals surface area contributed by atoms with Crippen molar-refractivity contribution in [3.05, 3.63) is 58.7 Å². The third kappa shape index (κ3) is 4.55. The summed E-state index contributed by atoms with van der Waals surface area (Å²) < 4.78 is 11.2. The molecule has 0 fully saturated rings. The van der Waals surface area contributed by atoms with Gasteiger partial charge in [-0.1, -0.05) is 19.9 Å². The molecule has 0 radical (unpaired) electrons. The Labute approximate surface area is 182 Å². The van der Waals surface area contributed by atoms with Crippen LogP contribution in [0.1, 0.15) is 63.3 Å². The lowest BCUT2D eigenvalue weighted by Crippen LogP contribution is -2.31. The molecule has 0 unspecified atom stereocenters. The van der Waals surface area contributed by atoms with Gasteiger partial charge in [0.2, 0.25) is 0 Å². The van der Waals surface area contributed by atoms with Gasteiger partial charge in [-0.25, -0.2) is 0 Å². The first-order valence-electron chi connectivity index (χ1n) is 10.5. The molecule has 7 heteroatoms. The lowest BCUT2D eigenvalue weighted by atomic mass is 10.0. The van der Waals surface area contributed by atoms with Gasteiger partial charge < -0.3 is 14.4 Å². The summed E-state index contributed by atoms with van der Waals surface area (Å²) in [5.41, 5.74) is 1.90. The van der Waals surface area contributed by atoms with Crippen molar-refractivity contribution in [1.29, 1.82) is 0 Å². The van der Waals surface area contributed by atoms with Gasteiger partial charge in [0.05, 0.1) is 24.8 Å². The van der Waals surface area contributed by atoms with E-state index in [0.717, 1.165) is 23.3 Å². The van der Waals surface area contributed by atoms with Crippen LogP contribution >= 0.6 is 0 Å². The Bertz CT molecular complexity index is 1000. The molecule has 0 spiro atoms. The molecule has 0 atom stereocenters. The van der Waals surface area contributed by atoms with Crippen molar-refractivity contribution in [3.8, 4) is 11.5 Å². The number of carbonyl (C=O) groups is 3. The summed E-state index contributed by atoms with van der Waals surface area (Å²) in [7, 11) is 3.03. The maximum atomic E-state index is 13.2. The van der Waals surface area contributed by atoms with Gasteiger partial charge in [0.1, 0.15) is 0 Å². The summed E-state index contributed by atoms with van der Waals surface area (Å²) in [6.07, 6.45) is 1.68. The zero-order valence-electron chi connectivity index (χ0n) is 18.4. The second-order valence-corrected chi connectivity index (χ2v) is 7.49. The van der Waals surface area contributed by atoms with Gasteiger partial charge in [-0.05, 0) is 48.7 Å². The van der Waals surface area contributed by atoms with E-state index in [1.807, 2.05) is 32.0 Å². The third-order valence-electron chi connectivity index (χ3n) is 5.18. The highest BCUT2D eigenvalue weighted by Crippen LogP contribution is 2.29. The second kappa shape index (κ2) is 9.64. The van der Waals surface area contributed by atoms with Crippen molar-refractivity contribution < 1.29 is 23.9 Å². The largest absolute Gasteiger partial charge is 0.493 e. The summed E-state index contributed by atoms with van der Waals surface area (Å²) in [6, 6.07) is 10.3. The Hall–Kier alpha value is -3.35. The Morgan fingerprint density at radius 1 is 0.968 bits per heavy atom. The number of fused-ring (bicyclic) bond motifs is 1. The quantitative estimate of drug-likeness (QED) is 0.573. The Balaban J connectivity index is 1.84.